The summed E-state index contributed by atoms with van der Waals surface area (Å²) >= 11 is 0. The summed E-state index contributed by atoms with van der Waals surface area (Å²) in [7, 11) is 1.61. The van der Waals surface area contributed by atoms with Crippen molar-refractivity contribution in [2.24, 2.45) is 5.92 Å². The molecule has 3 rings (SSSR count). The third-order valence-corrected chi connectivity index (χ3v) is 4.31. The van der Waals surface area contributed by atoms with Gasteiger partial charge in [-0.15, -0.1) is 0 Å². The molecule has 1 atom stereocenters. The Morgan fingerprint density at radius 2 is 2.08 bits per heavy atom. The summed E-state index contributed by atoms with van der Waals surface area (Å²) in [4.78, 5) is 18.5. The molecule has 1 saturated heterocycles. The van der Waals surface area contributed by atoms with E-state index in [1.807, 2.05) is 30.3 Å². The van der Waals surface area contributed by atoms with E-state index in [9.17, 15) is 4.79 Å². The Labute approximate surface area is 141 Å². The lowest BCUT2D eigenvalue weighted by atomic mass is 9.98. The van der Waals surface area contributed by atoms with Crippen molar-refractivity contribution in [3.63, 3.8) is 0 Å². The molecule has 1 aliphatic heterocycles. The summed E-state index contributed by atoms with van der Waals surface area (Å²) in [6.07, 6.45) is 5.18. The van der Waals surface area contributed by atoms with E-state index in [1.54, 1.807) is 24.4 Å². The zero-order chi connectivity index (χ0) is 16.9. The number of carbonyl (C=O) groups is 1. The highest BCUT2D eigenvalue weighted by molar-refractivity contribution is 5.94. The van der Waals surface area contributed by atoms with Crippen molar-refractivity contribution >= 4 is 5.91 Å². The molecule has 24 heavy (non-hydrogen) atoms. The van der Waals surface area contributed by atoms with E-state index in [0.717, 1.165) is 30.5 Å². The van der Waals surface area contributed by atoms with Gasteiger partial charge in [0, 0.05) is 30.4 Å². The summed E-state index contributed by atoms with van der Waals surface area (Å²) in [5.41, 5.74) is 2.57. The molecule has 122 valence electrons. The standard InChI is InChI=1S/C19H19N3O2/c1-24-18-9-17(11-21-12-18)15-4-6-16(7-5-15)19(23)22-8-2-3-14(10-20)13-22/h4-7,9,11-12,14H,2-3,8,13H2,1H3. The van der Waals surface area contributed by atoms with Gasteiger partial charge in [-0.05, 0) is 36.6 Å². The number of likely N-dealkylation sites (tertiary alicyclic amines) is 1. The van der Waals surface area contributed by atoms with Crippen LogP contribution in [0.2, 0.25) is 0 Å². The second kappa shape index (κ2) is 7.14. The van der Waals surface area contributed by atoms with Crippen molar-refractivity contribution in [1.29, 1.82) is 5.26 Å². The van der Waals surface area contributed by atoms with Gasteiger partial charge in [-0.25, -0.2) is 0 Å². The molecular formula is C19H19N3O2. The number of amides is 1. The lowest BCUT2D eigenvalue weighted by Crippen LogP contribution is -2.39. The van der Waals surface area contributed by atoms with Gasteiger partial charge in [0.2, 0.25) is 0 Å². The summed E-state index contributed by atoms with van der Waals surface area (Å²) < 4.78 is 5.19. The third kappa shape index (κ3) is 3.38. The predicted molar refractivity (Wildman–Crippen MR) is 90.5 cm³/mol. The van der Waals surface area contributed by atoms with Crippen molar-refractivity contribution in [2.45, 2.75) is 12.8 Å². The Hall–Kier alpha value is -2.87. The van der Waals surface area contributed by atoms with E-state index < -0.39 is 0 Å². The van der Waals surface area contributed by atoms with Crippen molar-refractivity contribution in [3.8, 4) is 22.9 Å². The molecule has 5 nitrogen and oxygen atoms in total. The van der Waals surface area contributed by atoms with Crippen LogP contribution in [-0.4, -0.2) is 36.0 Å². The molecule has 1 aromatic heterocycles. The quantitative estimate of drug-likeness (QED) is 0.871. The van der Waals surface area contributed by atoms with E-state index in [2.05, 4.69) is 11.1 Å². The van der Waals surface area contributed by atoms with Crippen LogP contribution in [0.3, 0.4) is 0 Å². The van der Waals surface area contributed by atoms with Gasteiger partial charge in [0.25, 0.3) is 5.91 Å². The molecule has 1 fully saturated rings. The average molecular weight is 321 g/mol. The number of pyridine rings is 1. The molecule has 1 unspecified atom stereocenters. The number of hydrogen-bond acceptors (Lipinski definition) is 4. The Bertz CT molecular complexity index is 765. The minimum Gasteiger partial charge on any atom is -0.495 e. The number of benzene rings is 1. The highest BCUT2D eigenvalue weighted by atomic mass is 16.5. The molecule has 0 bridgehead atoms. The molecule has 0 aliphatic carbocycles. The first-order chi connectivity index (χ1) is 11.7. The van der Waals surface area contributed by atoms with Gasteiger partial charge < -0.3 is 9.64 Å². The summed E-state index contributed by atoms with van der Waals surface area (Å²) in [5, 5.41) is 9.06. The molecule has 1 amide bonds. The van der Waals surface area contributed by atoms with Crippen LogP contribution in [0.1, 0.15) is 23.2 Å². The maximum Gasteiger partial charge on any atom is 0.253 e. The van der Waals surface area contributed by atoms with Crippen LogP contribution in [-0.2, 0) is 0 Å². The van der Waals surface area contributed by atoms with Crippen LogP contribution in [0.4, 0.5) is 0 Å². The van der Waals surface area contributed by atoms with E-state index in [0.29, 0.717) is 17.9 Å². The normalized spacial score (nSPS) is 17.2. The van der Waals surface area contributed by atoms with Crippen LogP contribution in [0.25, 0.3) is 11.1 Å². The van der Waals surface area contributed by atoms with Gasteiger partial charge in [-0.3, -0.25) is 9.78 Å². The van der Waals surface area contributed by atoms with E-state index in [4.69, 9.17) is 10.00 Å². The molecule has 0 radical (unpaired) electrons. The molecule has 1 aliphatic rings. The van der Waals surface area contributed by atoms with Gasteiger partial charge in [0.15, 0.2) is 0 Å². The highest BCUT2D eigenvalue weighted by Crippen LogP contribution is 2.24. The van der Waals surface area contributed by atoms with E-state index in [-0.39, 0.29) is 11.8 Å². The number of ether oxygens (including phenoxy) is 1. The number of nitriles is 1. The highest BCUT2D eigenvalue weighted by Gasteiger charge is 2.24. The lowest BCUT2D eigenvalue weighted by molar-refractivity contribution is 0.0699. The summed E-state index contributed by atoms with van der Waals surface area (Å²) in [5.74, 6) is 0.638. The van der Waals surface area contributed by atoms with Crippen LogP contribution in [0.5, 0.6) is 5.75 Å². The molecular weight excluding hydrogens is 302 g/mol. The van der Waals surface area contributed by atoms with Crippen LogP contribution in [0.15, 0.2) is 42.7 Å². The van der Waals surface area contributed by atoms with E-state index in [1.165, 1.54) is 0 Å². The number of carbonyl (C=O) groups excluding carboxylic acids is 1. The van der Waals surface area contributed by atoms with Crippen LogP contribution in [0, 0.1) is 17.2 Å². The lowest BCUT2D eigenvalue weighted by Gasteiger charge is -2.29. The van der Waals surface area contributed by atoms with E-state index >= 15 is 0 Å². The maximum atomic E-state index is 12.6. The Morgan fingerprint density at radius 3 is 2.79 bits per heavy atom. The molecule has 1 aromatic carbocycles. The van der Waals surface area contributed by atoms with Crippen molar-refractivity contribution in [2.75, 3.05) is 20.2 Å². The zero-order valence-corrected chi connectivity index (χ0v) is 13.6. The fourth-order valence-corrected chi connectivity index (χ4v) is 2.94. The monoisotopic (exact) mass is 321 g/mol. The van der Waals surface area contributed by atoms with Crippen LogP contribution >= 0.6 is 0 Å². The first-order valence-electron chi connectivity index (χ1n) is 7.99. The smallest absolute Gasteiger partial charge is 0.253 e. The van der Waals surface area contributed by atoms with Crippen molar-refractivity contribution in [1.82, 2.24) is 9.88 Å². The zero-order valence-electron chi connectivity index (χ0n) is 13.6. The fraction of sp³-hybridized carbons (Fsp3) is 0.316. The molecule has 2 aromatic rings. The van der Waals surface area contributed by atoms with Crippen molar-refractivity contribution < 1.29 is 9.53 Å². The first kappa shape index (κ1) is 16.0. The van der Waals surface area contributed by atoms with Gasteiger partial charge in [-0.1, -0.05) is 12.1 Å². The molecule has 0 saturated carbocycles. The molecule has 2 heterocycles. The Kier molecular flexibility index (Phi) is 4.76. The topological polar surface area (TPSA) is 66.2 Å². The van der Waals surface area contributed by atoms with Gasteiger partial charge in [0.05, 0.1) is 25.3 Å². The minimum atomic E-state index is -0.0511. The number of rotatable bonds is 3. The third-order valence-electron chi connectivity index (χ3n) is 4.31. The average Bonchev–Trinajstić information content (AvgIpc) is 2.67. The first-order valence-corrected chi connectivity index (χ1v) is 7.99. The number of nitrogens with zero attached hydrogens (tertiary/aromatic N) is 3. The van der Waals surface area contributed by atoms with Gasteiger partial charge >= 0.3 is 0 Å². The second-order valence-corrected chi connectivity index (χ2v) is 5.91. The number of aromatic nitrogens is 1. The van der Waals surface area contributed by atoms with Gasteiger partial charge in [-0.2, -0.15) is 5.26 Å². The molecule has 5 heteroatoms. The SMILES string of the molecule is COc1cncc(-c2ccc(C(=O)N3CCCC(C#N)C3)cc2)c1. The Morgan fingerprint density at radius 1 is 1.29 bits per heavy atom. The molecule has 0 spiro atoms. The predicted octanol–water partition coefficient (Wildman–Crippen LogP) is 3.13. The second-order valence-electron chi connectivity index (χ2n) is 5.91. The number of piperidine rings is 1. The van der Waals surface area contributed by atoms with Gasteiger partial charge in [0.1, 0.15) is 5.75 Å². The summed E-state index contributed by atoms with van der Waals surface area (Å²) in [6, 6.07) is 11.7. The Balaban J connectivity index is 1.76. The van der Waals surface area contributed by atoms with Crippen LogP contribution < -0.4 is 4.74 Å². The maximum absolute atomic E-state index is 12.6. The largest absolute Gasteiger partial charge is 0.495 e. The summed E-state index contributed by atoms with van der Waals surface area (Å²) in [6.45, 7) is 1.25. The minimum absolute atomic E-state index is 0.00901. The number of methoxy groups -OCH3 is 1. The van der Waals surface area contributed by atoms with Crippen molar-refractivity contribution in [3.05, 3.63) is 48.3 Å². The molecule has 0 N–H and O–H groups in total. The fourth-order valence-electron chi connectivity index (χ4n) is 2.94. The number of hydrogen-bond donors (Lipinski definition) is 0.